The largest absolute Gasteiger partial charge is 0.460 e. The molecule has 198 valence electrons. The fraction of sp³-hybridized carbons (Fsp3) is 0.900. The van der Waals surface area contributed by atoms with E-state index < -0.39 is 41.9 Å². The quantitative estimate of drug-likeness (QED) is 0.109. The van der Waals surface area contributed by atoms with Crippen LogP contribution in [0.25, 0.3) is 0 Å². The number of alkyl halides is 13. The topological polar surface area (TPSA) is 0 Å². The summed E-state index contributed by atoms with van der Waals surface area (Å²) in [6.07, 6.45) is 0.109. The van der Waals surface area contributed by atoms with Gasteiger partial charge in [-0.2, -0.15) is 57.1 Å². The molecule has 0 unspecified atom stereocenters. The highest BCUT2D eigenvalue weighted by Gasteiger charge is 2.90. The first-order valence-electron chi connectivity index (χ1n) is 10.4. The lowest BCUT2D eigenvalue weighted by Gasteiger charge is -2.39. The monoisotopic (exact) mass is 514 g/mol. The zero-order valence-corrected chi connectivity index (χ0v) is 17.8. The maximum atomic E-state index is 13.5. The summed E-state index contributed by atoms with van der Waals surface area (Å²) in [7, 11) is 0. The maximum absolute atomic E-state index is 13.5. The predicted molar refractivity (Wildman–Crippen MR) is 96.4 cm³/mol. The molecule has 0 bridgehead atoms. The fourth-order valence-electron chi connectivity index (χ4n) is 2.87. The SMILES string of the molecule is CCCCCCCCCCCC/C=C/C(F)(F)C(F)(F)C(F)(F)C(F)(F)C(F)(F)C(F)(F)F. The molecule has 0 amide bonds. The first kappa shape index (κ1) is 31.8. The smallest absolute Gasteiger partial charge is 0.195 e. The third-order valence-electron chi connectivity index (χ3n) is 5.01. The molecule has 0 nitrogen and oxygen atoms in total. The van der Waals surface area contributed by atoms with Crippen LogP contribution < -0.4 is 0 Å². The summed E-state index contributed by atoms with van der Waals surface area (Å²) in [6, 6.07) is 0. The van der Waals surface area contributed by atoms with E-state index in [1.165, 1.54) is 0 Å². The molecule has 0 N–H and O–H groups in total. The van der Waals surface area contributed by atoms with Crippen molar-refractivity contribution in [2.45, 2.75) is 113 Å². The molecule has 0 fully saturated rings. The Balaban J connectivity index is 4.91. The number of allylic oxidation sites excluding steroid dienone is 2. The predicted octanol–water partition coefficient (Wildman–Crippen LogP) is 9.59. The van der Waals surface area contributed by atoms with Crippen LogP contribution in [0, 0.1) is 0 Å². The van der Waals surface area contributed by atoms with Gasteiger partial charge >= 0.3 is 35.8 Å². The van der Waals surface area contributed by atoms with Gasteiger partial charge < -0.3 is 0 Å². The van der Waals surface area contributed by atoms with Crippen LogP contribution in [0.4, 0.5) is 57.1 Å². The highest BCUT2D eigenvalue weighted by atomic mass is 19.4. The van der Waals surface area contributed by atoms with E-state index in [-0.39, 0.29) is 18.9 Å². The van der Waals surface area contributed by atoms with Crippen LogP contribution >= 0.6 is 0 Å². The third kappa shape index (κ3) is 7.40. The van der Waals surface area contributed by atoms with Crippen LogP contribution in [-0.4, -0.2) is 35.8 Å². The third-order valence-corrected chi connectivity index (χ3v) is 5.01. The van der Waals surface area contributed by atoms with E-state index in [4.69, 9.17) is 0 Å². The van der Waals surface area contributed by atoms with Crippen molar-refractivity contribution in [1.82, 2.24) is 0 Å². The Morgan fingerprint density at radius 1 is 0.455 bits per heavy atom. The van der Waals surface area contributed by atoms with Crippen LogP contribution in [0.1, 0.15) is 77.6 Å². The van der Waals surface area contributed by atoms with Gasteiger partial charge in [0.15, 0.2) is 0 Å². The second kappa shape index (κ2) is 12.0. The van der Waals surface area contributed by atoms with Crippen molar-refractivity contribution in [1.29, 1.82) is 0 Å². The standard InChI is InChI=1S/C20H27F13/c1-2-3-4-5-6-7-8-9-10-11-12-13-14-15(21,22)16(23,24)17(25,26)18(27,28)19(29,30)20(31,32)33/h13-14H,2-12H2,1H3/b14-13+. The molecule has 0 atom stereocenters. The molecular formula is C20H27F13. The molecule has 0 saturated heterocycles. The molecule has 0 saturated carbocycles. The second-order valence-electron chi connectivity index (χ2n) is 7.79. The van der Waals surface area contributed by atoms with Crippen LogP contribution in [0.2, 0.25) is 0 Å². The van der Waals surface area contributed by atoms with Crippen LogP contribution in [0.15, 0.2) is 12.2 Å². The highest BCUT2D eigenvalue weighted by molar-refractivity contribution is 5.15. The fourth-order valence-corrected chi connectivity index (χ4v) is 2.87. The number of rotatable bonds is 16. The average molecular weight is 514 g/mol. The Labute approximate surface area is 183 Å². The van der Waals surface area contributed by atoms with E-state index in [2.05, 4.69) is 6.92 Å². The zero-order valence-electron chi connectivity index (χ0n) is 17.8. The summed E-state index contributed by atoms with van der Waals surface area (Å²) in [6.45, 7) is 2.07. The molecule has 0 aliphatic carbocycles. The Morgan fingerprint density at radius 2 is 0.818 bits per heavy atom. The minimum Gasteiger partial charge on any atom is -0.195 e. The molecule has 0 heterocycles. The van der Waals surface area contributed by atoms with Crippen molar-refractivity contribution in [3.63, 3.8) is 0 Å². The lowest BCUT2D eigenvalue weighted by molar-refractivity contribution is -0.436. The first-order valence-corrected chi connectivity index (χ1v) is 10.4. The van der Waals surface area contributed by atoms with Gasteiger partial charge in [0.25, 0.3) is 0 Å². The number of hydrogen-bond donors (Lipinski definition) is 0. The first-order chi connectivity index (χ1) is 14.8. The molecular weight excluding hydrogens is 487 g/mol. The summed E-state index contributed by atoms with van der Waals surface area (Å²) in [5.41, 5.74) is 0. The Bertz CT molecular complexity index is 591. The average Bonchev–Trinajstić information content (AvgIpc) is 2.67. The molecule has 0 aromatic rings. The highest BCUT2D eigenvalue weighted by Crippen LogP contribution is 2.60. The molecule has 0 aromatic heterocycles. The van der Waals surface area contributed by atoms with Crippen molar-refractivity contribution >= 4 is 0 Å². The lowest BCUT2D eigenvalue weighted by atomic mass is 9.93. The summed E-state index contributed by atoms with van der Waals surface area (Å²) in [4.78, 5) is 0. The van der Waals surface area contributed by atoms with E-state index in [1.807, 2.05) is 0 Å². The van der Waals surface area contributed by atoms with Gasteiger partial charge in [0, 0.05) is 0 Å². The van der Waals surface area contributed by atoms with Crippen LogP contribution in [-0.2, 0) is 0 Å². The van der Waals surface area contributed by atoms with E-state index in [0.29, 0.717) is 12.8 Å². The summed E-state index contributed by atoms with van der Waals surface area (Å²) < 4.78 is 168. The second-order valence-corrected chi connectivity index (χ2v) is 7.79. The van der Waals surface area contributed by atoms with Gasteiger partial charge in [-0.05, 0) is 18.9 Å². The van der Waals surface area contributed by atoms with E-state index >= 15 is 0 Å². The summed E-state index contributed by atoms with van der Waals surface area (Å²) in [5, 5.41) is 0. The number of unbranched alkanes of at least 4 members (excludes halogenated alkanes) is 10. The molecule has 0 radical (unpaired) electrons. The van der Waals surface area contributed by atoms with Crippen molar-refractivity contribution in [2.75, 3.05) is 0 Å². The molecule has 0 spiro atoms. The van der Waals surface area contributed by atoms with Crippen molar-refractivity contribution < 1.29 is 57.1 Å². The van der Waals surface area contributed by atoms with Gasteiger partial charge in [0.2, 0.25) is 0 Å². The molecule has 33 heavy (non-hydrogen) atoms. The Morgan fingerprint density at radius 3 is 1.21 bits per heavy atom. The maximum Gasteiger partial charge on any atom is 0.460 e. The normalized spacial score (nSPS) is 15.0. The van der Waals surface area contributed by atoms with Crippen molar-refractivity contribution in [3.05, 3.63) is 12.2 Å². The zero-order chi connectivity index (χ0) is 26.2. The van der Waals surface area contributed by atoms with Gasteiger partial charge in [-0.3, -0.25) is 0 Å². The number of hydrogen-bond acceptors (Lipinski definition) is 0. The van der Waals surface area contributed by atoms with Gasteiger partial charge in [0.05, 0.1) is 0 Å². The van der Waals surface area contributed by atoms with Crippen molar-refractivity contribution in [3.8, 4) is 0 Å². The molecule has 0 aliphatic rings. The minimum atomic E-state index is -7.85. The summed E-state index contributed by atoms with van der Waals surface area (Å²) in [5.74, 6) is -36.6. The van der Waals surface area contributed by atoms with Gasteiger partial charge in [0.1, 0.15) is 0 Å². The van der Waals surface area contributed by atoms with Gasteiger partial charge in [-0.25, -0.2) is 0 Å². The molecule has 0 aromatic carbocycles. The van der Waals surface area contributed by atoms with Crippen LogP contribution in [0.3, 0.4) is 0 Å². The van der Waals surface area contributed by atoms with E-state index in [1.54, 1.807) is 0 Å². The molecule has 0 rings (SSSR count). The van der Waals surface area contributed by atoms with E-state index in [9.17, 15) is 57.1 Å². The summed E-state index contributed by atoms with van der Waals surface area (Å²) >= 11 is 0. The van der Waals surface area contributed by atoms with Crippen molar-refractivity contribution in [2.24, 2.45) is 0 Å². The minimum absolute atomic E-state index is 0.159. The molecule has 13 heteroatoms. The molecule has 0 aliphatic heterocycles. The Hall–Kier alpha value is -1.17. The van der Waals surface area contributed by atoms with E-state index in [0.717, 1.165) is 44.9 Å². The van der Waals surface area contributed by atoms with Gasteiger partial charge in [-0.1, -0.05) is 70.8 Å². The number of halogens is 13. The lowest BCUT2D eigenvalue weighted by Crippen LogP contribution is -2.69. The Kier molecular flexibility index (Phi) is 11.6. The van der Waals surface area contributed by atoms with Crippen LogP contribution in [0.5, 0.6) is 0 Å². The van der Waals surface area contributed by atoms with Gasteiger partial charge in [-0.15, -0.1) is 0 Å².